The highest BCUT2D eigenvalue weighted by Crippen LogP contribution is 2.14. The summed E-state index contributed by atoms with van der Waals surface area (Å²) in [5.41, 5.74) is 4.39. The second-order valence-electron chi connectivity index (χ2n) is 6.56. The van der Waals surface area contributed by atoms with Crippen LogP contribution in [-0.4, -0.2) is 41.0 Å². The number of hydrogen-bond acceptors (Lipinski definition) is 3. The zero-order valence-corrected chi connectivity index (χ0v) is 15.2. The van der Waals surface area contributed by atoms with E-state index < -0.39 is 0 Å². The van der Waals surface area contributed by atoms with Crippen LogP contribution in [0.2, 0.25) is 0 Å². The molecule has 26 heavy (non-hydrogen) atoms. The summed E-state index contributed by atoms with van der Waals surface area (Å²) >= 11 is 0. The first kappa shape index (κ1) is 17.9. The van der Waals surface area contributed by atoms with Gasteiger partial charge in [0.2, 0.25) is 5.91 Å². The molecule has 5 nitrogen and oxygen atoms in total. The Kier molecular flexibility index (Phi) is 5.81. The normalized spacial score (nSPS) is 11.5. The molecule has 0 aliphatic carbocycles. The average molecular weight is 348 g/mol. The van der Waals surface area contributed by atoms with E-state index in [-0.39, 0.29) is 5.91 Å². The molecule has 0 fully saturated rings. The fourth-order valence-electron chi connectivity index (χ4n) is 2.79. The van der Waals surface area contributed by atoms with Gasteiger partial charge in [0.25, 0.3) is 0 Å². The fraction of sp³-hybridized carbons (Fsp3) is 0.238. The lowest BCUT2D eigenvalue weighted by atomic mass is 10.1. The van der Waals surface area contributed by atoms with Crippen molar-refractivity contribution in [3.63, 3.8) is 0 Å². The van der Waals surface area contributed by atoms with E-state index in [4.69, 9.17) is 0 Å². The summed E-state index contributed by atoms with van der Waals surface area (Å²) < 4.78 is 2.14. The van der Waals surface area contributed by atoms with Crippen LogP contribution in [0.25, 0.3) is 11.0 Å². The number of para-hydroxylation sites is 2. The lowest BCUT2D eigenvalue weighted by molar-refractivity contribution is -0.116. The average Bonchev–Trinajstić information content (AvgIpc) is 3.03. The van der Waals surface area contributed by atoms with Crippen LogP contribution in [-0.2, 0) is 17.9 Å². The topological polar surface area (TPSA) is 50.2 Å². The molecule has 134 valence electrons. The number of carbonyl (C=O) groups excluding carboxylic acids is 1. The number of nitrogens with one attached hydrogen (secondary N) is 1. The second-order valence-corrected chi connectivity index (χ2v) is 6.56. The standard InChI is InChI=1S/C21H24N4O/c1-24(2)12-6-11-21(26)22-14-17-7-5-8-18(13-17)15-25-16-23-19-9-3-4-10-20(19)25/h3-11,13,16H,12,14-15H2,1-2H3,(H,22,26)/b11-6+. The van der Waals surface area contributed by atoms with Crippen molar-refractivity contribution < 1.29 is 4.79 Å². The number of fused-ring (bicyclic) bond motifs is 1. The lowest BCUT2D eigenvalue weighted by Crippen LogP contribution is -2.21. The minimum Gasteiger partial charge on any atom is -0.348 e. The number of rotatable bonds is 7. The van der Waals surface area contributed by atoms with Crippen molar-refractivity contribution in [3.05, 3.63) is 78.1 Å². The molecule has 0 aliphatic rings. The number of hydrogen-bond donors (Lipinski definition) is 1. The highest BCUT2D eigenvalue weighted by Gasteiger charge is 2.04. The number of benzene rings is 2. The van der Waals surface area contributed by atoms with Gasteiger partial charge in [-0.15, -0.1) is 0 Å². The van der Waals surface area contributed by atoms with Crippen LogP contribution in [0.5, 0.6) is 0 Å². The summed E-state index contributed by atoms with van der Waals surface area (Å²) in [6, 6.07) is 16.4. The van der Waals surface area contributed by atoms with Crippen molar-refractivity contribution in [2.75, 3.05) is 20.6 Å². The first-order valence-electron chi connectivity index (χ1n) is 8.68. The summed E-state index contributed by atoms with van der Waals surface area (Å²) in [6.45, 7) is 2.02. The van der Waals surface area contributed by atoms with E-state index in [1.807, 2.05) is 61.7 Å². The molecule has 1 N–H and O–H groups in total. The number of imidazole rings is 1. The number of nitrogens with zero attached hydrogens (tertiary/aromatic N) is 3. The molecule has 1 amide bonds. The Bertz CT molecular complexity index is 911. The smallest absolute Gasteiger partial charge is 0.243 e. The zero-order valence-electron chi connectivity index (χ0n) is 15.2. The maximum absolute atomic E-state index is 11.9. The van der Waals surface area contributed by atoms with Gasteiger partial charge in [-0.3, -0.25) is 4.79 Å². The monoisotopic (exact) mass is 348 g/mol. The van der Waals surface area contributed by atoms with Crippen LogP contribution in [0.4, 0.5) is 0 Å². The van der Waals surface area contributed by atoms with Gasteiger partial charge in [-0.1, -0.05) is 42.5 Å². The zero-order chi connectivity index (χ0) is 18.4. The van der Waals surface area contributed by atoms with Gasteiger partial charge in [-0.25, -0.2) is 4.98 Å². The molecule has 0 saturated carbocycles. The van der Waals surface area contributed by atoms with Crippen LogP contribution in [0.15, 0.2) is 67.0 Å². The van der Waals surface area contributed by atoms with Crippen molar-refractivity contribution in [1.82, 2.24) is 19.8 Å². The lowest BCUT2D eigenvalue weighted by Gasteiger charge is -2.08. The Morgan fingerprint density at radius 2 is 1.96 bits per heavy atom. The molecule has 0 saturated heterocycles. The van der Waals surface area contributed by atoms with Gasteiger partial charge in [0, 0.05) is 25.7 Å². The highest BCUT2D eigenvalue weighted by molar-refractivity contribution is 5.87. The van der Waals surface area contributed by atoms with Gasteiger partial charge >= 0.3 is 0 Å². The molecule has 0 bridgehead atoms. The van der Waals surface area contributed by atoms with Crippen LogP contribution >= 0.6 is 0 Å². The maximum Gasteiger partial charge on any atom is 0.243 e. The van der Waals surface area contributed by atoms with E-state index in [0.29, 0.717) is 6.54 Å². The summed E-state index contributed by atoms with van der Waals surface area (Å²) in [5, 5.41) is 2.92. The van der Waals surface area contributed by atoms with Crippen LogP contribution < -0.4 is 5.32 Å². The molecule has 5 heteroatoms. The first-order valence-corrected chi connectivity index (χ1v) is 8.68. The second kappa shape index (κ2) is 8.45. The summed E-state index contributed by atoms with van der Waals surface area (Å²) in [5.74, 6) is -0.0714. The van der Waals surface area contributed by atoms with Gasteiger partial charge in [0.1, 0.15) is 0 Å². The molecule has 3 rings (SSSR count). The molecule has 0 spiro atoms. The van der Waals surface area contributed by atoms with Gasteiger partial charge in [-0.2, -0.15) is 0 Å². The third kappa shape index (κ3) is 4.80. The van der Waals surface area contributed by atoms with Gasteiger partial charge in [-0.05, 0) is 37.4 Å². The number of carbonyl (C=O) groups is 1. The van der Waals surface area contributed by atoms with Crippen molar-refractivity contribution in [2.24, 2.45) is 0 Å². The van der Waals surface area contributed by atoms with Crippen LogP contribution in [0.3, 0.4) is 0 Å². The van der Waals surface area contributed by atoms with Gasteiger partial charge in [0.15, 0.2) is 0 Å². The quantitative estimate of drug-likeness (QED) is 0.668. The predicted octanol–water partition coefficient (Wildman–Crippen LogP) is 2.82. The molecule has 1 aromatic heterocycles. The highest BCUT2D eigenvalue weighted by atomic mass is 16.1. The molecule has 3 aromatic rings. The number of amides is 1. The molecule has 2 aromatic carbocycles. The van der Waals surface area contributed by atoms with E-state index in [0.717, 1.165) is 29.7 Å². The summed E-state index contributed by atoms with van der Waals surface area (Å²) in [6.07, 6.45) is 5.31. The third-order valence-electron chi connectivity index (χ3n) is 4.08. The molecule has 1 heterocycles. The minimum absolute atomic E-state index is 0.0714. The summed E-state index contributed by atoms with van der Waals surface area (Å²) in [7, 11) is 3.94. The Hall–Kier alpha value is -2.92. The Labute approximate surface area is 154 Å². The minimum atomic E-state index is -0.0714. The van der Waals surface area contributed by atoms with Crippen molar-refractivity contribution in [1.29, 1.82) is 0 Å². The summed E-state index contributed by atoms with van der Waals surface area (Å²) in [4.78, 5) is 18.3. The Morgan fingerprint density at radius 1 is 1.15 bits per heavy atom. The molecular formula is C21H24N4O. The van der Waals surface area contributed by atoms with E-state index in [2.05, 4.69) is 33.1 Å². The molecule has 0 unspecified atom stereocenters. The van der Waals surface area contributed by atoms with E-state index in [9.17, 15) is 4.79 Å². The van der Waals surface area contributed by atoms with Crippen LogP contribution in [0.1, 0.15) is 11.1 Å². The first-order chi connectivity index (χ1) is 12.6. The van der Waals surface area contributed by atoms with Crippen molar-refractivity contribution >= 4 is 16.9 Å². The Balaban J connectivity index is 1.61. The maximum atomic E-state index is 11.9. The van der Waals surface area contributed by atoms with Crippen molar-refractivity contribution in [2.45, 2.75) is 13.1 Å². The molecule has 0 aliphatic heterocycles. The largest absolute Gasteiger partial charge is 0.348 e. The van der Waals surface area contributed by atoms with Gasteiger partial charge in [0.05, 0.1) is 17.4 Å². The van der Waals surface area contributed by atoms with Gasteiger partial charge < -0.3 is 14.8 Å². The van der Waals surface area contributed by atoms with E-state index >= 15 is 0 Å². The molecular weight excluding hydrogens is 324 g/mol. The molecule has 0 radical (unpaired) electrons. The fourth-order valence-corrected chi connectivity index (χ4v) is 2.79. The SMILES string of the molecule is CN(C)C/C=C/C(=O)NCc1cccc(Cn2cnc3ccccc32)c1. The third-order valence-corrected chi connectivity index (χ3v) is 4.08. The predicted molar refractivity (Wildman–Crippen MR) is 105 cm³/mol. The van der Waals surface area contributed by atoms with E-state index in [1.54, 1.807) is 6.08 Å². The van der Waals surface area contributed by atoms with E-state index in [1.165, 1.54) is 5.56 Å². The van der Waals surface area contributed by atoms with Crippen molar-refractivity contribution in [3.8, 4) is 0 Å². The molecule has 0 atom stereocenters. The Morgan fingerprint density at radius 3 is 2.81 bits per heavy atom. The number of aromatic nitrogens is 2. The number of likely N-dealkylation sites (N-methyl/N-ethyl adjacent to an activating group) is 1. The van der Waals surface area contributed by atoms with Crippen LogP contribution in [0, 0.1) is 0 Å².